The highest BCUT2D eigenvalue weighted by atomic mass is 19.1. The molecule has 1 rings (SSSR count). The van der Waals surface area contributed by atoms with E-state index in [1.165, 1.54) is 19.2 Å². The number of benzene rings is 1. The van der Waals surface area contributed by atoms with E-state index in [2.05, 4.69) is 4.74 Å². The molecule has 1 aromatic carbocycles. The Morgan fingerprint density at radius 2 is 2.33 bits per heavy atom. The van der Waals surface area contributed by atoms with Crippen LogP contribution in [-0.4, -0.2) is 18.2 Å². The Morgan fingerprint density at radius 3 is 2.87 bits per heavy atom. The molecule has 0 saturated heterocycles. The fraction of sp³-hybridized carbons (Fsp3) is 0.300. The van der Waals surface area contributed by atoms with Crippen molar-refractivity contribution in [2.24, 2.45) is 5.73 Å². The molecular formula is C10H12FNO3. The van der Waals surface area contributed by atoms with Crippen molar-refractivity contribution in [3.8, 4) is 5.75 Å². The quantitative estimate of drug-likeness (QED) is 0.737. The van der Waals surface area contributed by atoms with Gasteiger partial charge < -0.3 is 15.6 Å². The van der Waals surface area contributed by atoms with Crippen molar-refractivity contribution in [1.82, 2.24) is 0 Å². The summed E-state index contributed by atoms with van der Waals surface area (Å²) in [6, 6.07) is 3.13. The Morgan fingerprint density at radius 1 is 1.67 bits per heavy atom. The second-order valence-electron chi connectivity index (χ2n) is 3.10. The van der Waals surface area contributed by atoms with Crippen molar-refractivity contribution in [3.05, 3.63) is 29.6 Å². The Bertz CT molecular complexity index is 368. The summed E-state index contributed by atoms with van der Waals surface area (Å²) in [7, 11) is 1.26. The molecule has 15 heavy (non-hydrogen) atoms. The van der Waals surface area contributed by atoms with E-state index in [9.17, 15) is 9.18 Å². The molecule has 0 saturated carbocycles. The number of carbonyl (C=O) groups excluding carboxylic acids is 1. The van der Waals surface area contributed by atoms with E-state index in [1.807, 2.05) is 0 Å². The predicted octanol–water partition coefficient (Wildman–Crippen LogP) is 1.09. The van der Waals surface area contributed by atoms with Crippen molar-refractivity contribution in [2.75, 3.05) is 7.11 Å². The van der Waals surface area contributed by atoms with Crippen LogP contribution >= 0.6 is 0 Å². The lowest BCUT2D eigenvalue weighted by molar-refractivity contribution is -0.141. The molecule has 0 aliphatic carbocycles. The number of rotatable bonds is 3. The third-order valence-electron chi connectivity index (χ3n) is 2.01. The number of carbonyl (C=O) groups is 1. The number of aromatic hydroxyl groups is 1. The van der Waals surface area contributed by atoms with Crippen LogP contribution < -0.4 is 5.73 Å². The van der Waals surface area contributed by atoms with Gasteiger partial charge in [0.2, 0.25) is 0 Å². The Kier molecular flexibility index (Phi) is 3.62. The number of ether oxygens (including phenoxy) is 1. The van der Waals surface area contributed by atoms with Crippen LogP contribution in [0, 0.1) is 5.82 Å². The second kappa shape index (κ2) is 4.75. The standard InChI is InChI=1S/C10H12FNO3/c1-15-10(14)5-8(12)6-2-3-9(13)7(11)4-6/h2-4,8,13H,5,12H2,1H3/t8-/m1/s1. The van der Waals surface area contributed by atoms with Crippen LogP contribution in [-0.2, 0) is 9.53 Å². The predicted molar refractivity (Wildman–Crippen MR) is 51.6 cm³/mol. The maximum absolute atomic E-state index is 12.9. The lowest BCUT2D eigenvalue weighted by Crippen LogP contribution is -2.16. The minimum atomic E-state index is -0.757. The average Bonchev–Trinajstić information content (AvgIpc) is 2.21. The van der Waals surface area contributed by atoms with Crippen molar-refractivity contribution in [3.63, 3.8) is 0 Å². The van der Waals surface area contributed by atoms with E-state index < -0.39 is 23.6 Å². The monoisotopic (exact) mass is 213 g/mol. The van der Waals surface area contributed by atoms with E-state index in [4.69, 9.17) is 10.8 Å². The molecule has 0 fully saturated rings. The molecule has 0 bridgehead atoms. The topological polar surface area (TPSA) is 72.5 Å². The molecule has 0 aliphatic rings. The molecule has 0 radical (unpaired) electrons. The zero-order chi connectivity index (χ0) is 11.4. The molecule has 3 N–H and O–H groups in total. The summed E-state index contributed by atoms with van der Waals surface area (Å²) < 4.78 is 17.4. The summed E-state index contributed by atoms with van der Waals surface area (Å²) in [5.74, 6) is -1.66. The van der Waals surface area contributed by atoms with E-state index in [0.29, 0.717) is 5.56 Å². The summed E-state index contributed by atoms with van der Waals surface area (Å²) in [5, 5.41) is 8.95. The molecule has 0 unspecified atom stereocenters. The molecule has 0 heterocycles. The van der Waals surface area contributed by atoms with Gasteiger partial charge >= 0.3 is 5.97 Å². The third-order valence-corrected chi connectivity index (χ3v) is 2.01. The number of halogens is 1. The van der Waals surface area contributed by atoms with Gasteiger partial charge in [-0.25, -0.2) is 4.39 Å². The molecule has 0 aliphatic heterocycles. The first kappa shape index (κ1) is 11.5. The molecule has 1 atom stereocenters. The van der Waals surface area contributed by atoms with Crippen LogP contribution in [0.2, 0.25) is 0 Å². The fourth-order valence-corrected chi connectivity index (χ4v) is 1.13. The normalized spacial score (nSPS) is 12.2. The molecule has 4 nitrogen and oxygen atoms in total. The van der Waals surface area contributed by atoms with Crippen LogP contribution in [0.3, 0.4) is 0 Å². The van der Waals surface area contributed by atoms with Gasteiger partial charge in [-0.2, -0.15) is 0 Å². The minimum Gasteiger partial charge on any atom is -0.505 e. The van der Waals surface area contributed by atoms with E-state index in [0.717, 1.165) is 6.07 Å². The Labute approximate surface area is 86.5 Å². The van der Waals surface area contributed by atoms with Crippen LogP contribution in [0.15, 0.2) is 18.2 Å². The summed E-state index contributed by atoms with van der Waals surface area (Å²) in [6.45, 7) is 0. The molecule has 82 valence electrons. The smallest absolute Gasteiger partial charge is 0.307 e. The minimum absolute atomic E-state index is 0.0271. The molecule has 0 amide bonds. The molecular weight excluding hydrogens is 201 g/mol. The number of nitrogens with two attached hydrogens (primary N) is 1. The lowest BCUT2D eigenvalue weighted by atomic mass is 10.0. The van der Waals surface area contributed by atoms with Crippen LogP contribution in [0.5, 0.6) is 5.75 Å². The fourth-order valence-electron chi connectivity index (χ4n) is 1.13. The van der Waals surface area contributed by atoms with E-state index in [1.54, 1.807) is 0 Å². The van der Waals surface area contributed by atoms with E-state index in [-0.39, 0.29) is 6.42 Å². The highest BCUT2D eigenvalue weighted by Gasteiger charge is 2.13. The lowest BCUT2D eigenvalue weighted by Gasteiger charge is -2.10. The first-order valence-electron chi connectivity index (χ1n) is 4.35. The number of hydrogen-bond donors (Lipinski definition) is 2. The SMILES string of the molecule is COC(=O)C[C@@H](N)c1ccc(O)c(F)c1. The summed E-state index contributed by atoms with van der Waals surface area (Å²) in [4.78, 5) is 10.9. The van der Waals surface area contributed by atoms with Gasteiger partial charge in [0.15, 0.2) is 11.6 Å². The largest absolute Gasteiger partial charge is 0.505 e. The maximum atomic E-state index is 12.9. The van der Waals surface area contributed by atoms with Gasteiger partial charge in [0.25, 0.3) is 0 Å². The van der Waals surface area contributed by atoms with Crippen molar-refractivity contribution >= 4 is 5.97 Å². The van der Waals surface area contributed by atoms with Crippen molar-refractivity contribution in [1.29, 1.82) is 0 Å². The highest BCUT2D eigenvalue weighted by molar-refractivity contribution is 5.70. The molecule has 0 spiro atoms. The Balaban J connectivity index is 2.78. The number of hydrogen-bond acceptors (Lipinski definition) is 4. The second-order valence-corrected chi connectivity index (χ2v) is 3.10. The highest BCUT2D eigenvalue weighted by Crippen LogP contribution is 2.21. The zero-order valence-corrected chi connectivity index (χ0v) is 8.24. The van der Waals surface area contributed by atoms with Gasteiger partial charge in [0, 0.05) is 6.04 Å². The van der Waals surface area contributed by atoms with Gasteiger partial charge in [-0.15, -0.1) is 0 Å². The van der Waals surface area contributed by atoms with Gasteiger partial charge in [0.05, 0.1) is 13.5 Å². The first-order valence-corrected chi connectivity index (χ1v) is 4.35. The van der Waals surface area contributed by atoms with Gasteiger partial charge in [0.1, 0.15) is 0 Å². The third kappa shape index (κ3) is 2.92. The molecule has 0 aromatic heterocycles. The average molecular weight is 213 g/mol. The summed E-state index contributed by atoms with van der Waals surface area (Å²) >= 11 is 0. The Hall–Kier alpha value is -1.62. The molecule has 5 heteroatoms. The molecule has 1 aromatic rings. The van der Waals surface area contributed by atoms with Gasteiger partial charge in [-0.05, 0) is 17.7 Å². The maximum Gasteiger partial charge on any atom is 0.307 e. The van der Waals surface area contributed by atoms with Crippen molar-refractivity contribution < 1.29 is 19.0 Å². The zero-order valence-electron chi connectivity index (χ0n) is 8.24. The van der Waals surface area contributed by atoms with Crippen LogP contribution in [0.4, 0.5) is 4.39 Å². The first-order chi connectivity index (χ1) is 7.04. The van der Waals surface area contributed by atoms with Gasteiger partial charge in [-0.3, -0.25) is 4.79 Å². The number of methoxy groups -OCH3 is 1. The summed E-state index contributed by atoms with van der Waals surface area (Å²) in [6.07, 6.45) is -0.0271. The van der Waals surface area contributed by atoms with E-state index >= 15 is 0 Å². The number of esters is 1. The summed E-state index contributed by atoms with van der Waals surface area (Å²) in [5.41, 5.74) is 6.08. The van der Waals surface area contributed by atoms with Crippen molar-refractivity contribution in [2.45, 2.75) is 12.5 Å². The van der Waals surface area contributed by atoms with Gasteiger partial charge in [-0.1, -0.05) is 6.07 Å². The number of phenols is 1. The van der Waals surface area contributed by atoms with Crippen LogP contribution in [0.1, 0.15) is 18.0 Å². The van der Waals surface area contributed by atoms with Crippen LogP contribution in [0.25, 0.3) is 0 Å². The number of phenolic OH excluding ortho intramolecular Hbond substituents is 1.